The van der Waals surface area contributed by atoms with Crippen molar-refractivity contribution in [1.82, 2.24) is 9.97 Å². The molecule has 0 unspecified atom stereocenters. The summed E-state index contributed by atoms with van der Waals surface area (Å²) in [6.45, 7) is 0. The molecule has 3 aromatic carbocycles. The van der Waals surface area contributed by atoms with Crippen LogP contribution in [0.25, 0.3) is 32.6 Å². The Labute approximate surface area is 126 Å². The minimum Gasteiger partial charge on any atom is -0.344 e. The third kappa shape index (κ3) is 1.63. The molecule has 1 aromatic heterocycles. The molecular weight excluding hydrogens is 368 g/mol. The fourth-order valence-electron chi connectivity index (χ4n) is 2.61. The van der Waals surface area contributed by atoms with Gasteiger partial charge < -0.3 is 4.98 Å². The summed E-state index contributed by atoms with van der Waals surface area (Å²) in [7, 11) is 0. The molecule has 0 amide bonds. The number of rotatable bonds is 0. The number of aromatic nitrogens is 2. The molecule has 1 heterocycles. The lowest BCUT2D eigenvalue weighted by Gasteiger charge is -2.07. The lowest BCUT2D eigenvalue weighted by Crippen LogP contribution is -1.82. The molecule has 1 N–H and O–H groups in total. The molecule has 0 aliphatic rings. The fraction of sp³-hybridized carbons (Fsp3) is 0. The zero-order chi connectivity index (χ0) is 13.0. The number of hydrogen-bond acceptors (Lipinski definition) is 1. The molecule has 0 aliphatic heterocycles. The van der Waals surface area contributed by atoms with E-state index < -0.39 is 0 Å². The van der Waals surface area contributed by atoms with Gasteiger partial charge in [-0.05, 0) is 35.0 Å². The number of nitrogens with one attached hydrogen (secondary N) is 1. The van der Waals surface area contributed by atoms with Crippen molar-refractivity contribution in [3.8, 4) is 0 Å². The molecule has 0 saturated carbocycles. The van der Waals surface area contributed by atoms with Crippen molar-refractivity contribution in [2.75, 3.05) is 0 Å². The third-order valence-corrected chi connectivity index (χ3v) is 4.40. The standard InChI is InChI=1S/C15H8Br2N2/c16-8-1-3-10-12(5-8)13-6-9(17)2-4-11(13)15-14(10)18-7-19-15/h1-7H,(H,18,19). The van der Waals surface area contributed by atoms with Crippen molar-refractivity contribution in [1.29, 1.82) is 0 Å². The fourth-order valence-corrected chi connectivity index (χ4v) is 3.33. The van der Waals surface area contributed by atoms with E-state index in [1.165, 1.54) is 21.5 Å². The summed E-state index contributed by atoms with van der Waals surface area (Å²) >= 11 is 7.11. The van der Waals surface area contributed by atoms with Gasteiger partial charge in [0.15, 0.2) is 0 Å². The highest BCUT2D eigenvalue weighted by molar-refractivity contribution is 9.10. The second-order valence-electron chi connectivity index (χ2n) is 4.51. The molecule has 4 aromatic rings. The first-order valence-electron chi connectivity index (χ1n) is 5.87. The molecule has 19 heavy (non-hydrogen) atoms. The lowest BCUT2D eigenvalue weighted by molar-refractivity contribution is 1.35. The van der Waals surface area contributed by atoms with Crippen LogP contribution >= 0.6 is 31.9 Å². The van der Waals surface area contributed by atoms with Crippen LogP contribution in [-0.2, 0) is 0 Å². The molecule has 0 atom stereocenters. The van der Waals surface area contributed by atoms with Gasteiger partial charge in [0.25, 0.3) is 0 Å². The second-order valence-corrected chi connectivity index (χ2v) is 6.34. The first kappa shape index (κ1) is 11.4. The average molecular weight is 376 g/mol. The number of benzene rings is 3. The van der Waals surface area contributed by atoms with E-state index in [0.29, 0.717) is 0 Å². The Hall–Kier alpha value is -1.39. The van der Waals surface area contributed by atoms with Crippen LogP contribution < -0.4 is 0 Å². The summed E-state index contributed by atoms with van der Waals surface area (Å²) in [6, 6.07) is 12.7. The van der Waals surface area contributed by atoms with Gasteiger partial charge in [-0.3, -0.25) is 0 Å². The smallest absolute Gasteiger partial charge is 0.0967 e. The molecule has 0 bridgehead atoms. The van der Waals surface area contributed by atoms with Crippen LogP contribution in [0, 0.1) is 0 Å². The number of fused-ring (bicyclic) bond motifs is 6. The van der Waals surface area contributed by atoms with Crippen LogP contribution in [0.5, 0.6) is 0 Å². The molecular formula is C15H8Br2N2. The minimum atomic E-state index is 1.03. The number of hydrogen-bond donors (Lipinski definition) is 1. The van der Waals surface area contributed by atoms with E-state index in [0.717, 1.165) is 20.0 Å². The van der Waals surface area contributed by atoms with E-state index in [-0.39, 0.29) is 0 Å². The second kappa shape index (κ2) is 4.05. The van der Waals surface area contributed by atoms with Gasteiger partial charge >= 0.3 is 0 Å². The summed E-state index contributed by atoms with van der Waals surface area (Å²) in [5.41, 5.74) is 2.12. The minimum absolute atomic E-state index is 1.03. The van der Waals surface area contributed by atoms with Gasteiger partial charge in [0.2, 0.25) is 0 Å². The van der Waals surface area contributed by atoms with Crippen molar-refractivity contribution >= 4 is 64.4 Å². The van der Waals surface area contributed by atoms with Crippen LogP contribution in [0.3, 0.4) is 0 Å². The summed E-state index contributed by atoms with van der Waals surface area (Å²) in [5, 5.41) is 4.80. The topological polar surface area (TPSA) is 28.7 Å². The molecule has 2 nitrogen and oxygen atoms in total. The Balaban J connectivity index is 2.41. The van der Waals surface area contributed by atoms with Crippen LogP contribution in [0.4, 0.5) is 0 Å². The summed E-state index contributed by atoms with van der Waals surface area (Å²) in [5.74, 6) is 0. The SMILES string of the molecule is Brc1ccc2c(c1)c1cc(Br)ccc1c1[nH]cnc21. The largest absolute Gasteiger partial charge is 0.344 e. The molecule has 0 radical (unpaired) electrons. The highest BCUT2D eigenvalue weighted by Gasteiger charge is 2.10. The Morgan fingerprint density at radius 1 is 0.789 bits per heavy atom. The quantitative estimate of drug-likeness (QED) is 0.410. The van der Waals surface area contributed by atoms with Crippen LogP contribution in [-0.4, -0.2) is 9.97 Å². The summed E-state index contributed by atoms with van der Waals surface area (Å²) in [4.78, 5) is 7.72. The Morgan fingerprint density at radius 3 is 2.16 bits per heavy atom. The number of imidazole rings is 1. The zero-order valence-corrected chi connectivity index (χ0v) is 12.9. The molecule has 4 heteroatoms. The predicted molar refractivity (Wildman–Crippen MR) is 86.5 cm³/mol. The highest BCUT2D eigenvalue weighted by Crippen LogP contribution is 2.35. The maximum Gasteiger partial charge on any atom is 0.0967 e. The number of H-pyrrole nitrogens is 1. The highest BCUT2D eigenvalue weighted by atomic mass is 79.9. The molecule has 4 rings (SSSR count). The summed E-state index contributed by atoms with van der Waals surface area (Å²) in [6.07, 6.45) is 1.76. The molecule has 0 spiro atoms. The van der Waals surface area contributed by atoms with E-state index in [2.05, 4.69) is 78.2 Å². The van der Waals surface area contributed by atoms with Gasteiger partial charge in [0, 0.05) is 19.7 Å². The lowest BCUT2D eigenvalue weighted by atomic mass is 10.0. The maximum absolute atomic E-state index is 4.47. The maximum atomic E-state index is 4.47. The van der Waals surface area contributed by atoms with Crippen molar-refractivity contribution in [2.24, 2.45) is 0 Å². The monoisotopic (exact) mass is 374 g/mol. The average Bonchev–Trinajstić information content (AvgIpc) is 2.88. The van der Waals surface area contributed by atoms with Gasteiger partial charge in [-0.2, -0.15) is 0 Å². The van der Waals surface area contributed by atoms with E-state index in [1.807, 2.05) is 0 Å². The molecule has 0 aliphatic carbocycles. The Morgan fingerprint density at radius 2 is 1.42 bits per heavy atom. The Bertz CT molecular complexity index is 865. The van der Waals surface area contributed by atoms with E-state index in [4.69, 9.17) is 0 Å². The van der Waals surface area contributed by atoms with Crippen molar-refractivity contribution in [2.45, 2.75) is 0 Å². The van der Waals surface area contributed by atoms with Crippen LogP contribution in [0.15, 0.2) is 51.7 Å². The van der Waals surface area contributed by atoms with Gasteiger partial charge in [-0.1, -0.05) is 44.0 Å². The van der Waals surface area contributed by atoms with E-state index in [9.17, 15) is 0 Å². The molecule has 0 fully saturated rings. The summed E-state index contributed by atoms with van der Waals surface area (Å²) < 4.78 is 2.16. The van der Waals surface area contributed by atoms with E-state index in [1.54, 1.807) is 6.33 Å². The molecule has 92 valence electrons. The third-order valence-electron chi connectivity index (χ3n) is 3.42. The van der Waals surface area contributed by atoms with Crippen molar-refractivity contribution in [3.05, 3.63) is 51.7 Å². The van der Waals surface area contributed by atoms with Crippen LogP contribution in [0.2, 0.25) is 0 Å². The normalized spacial score (nSPS) is 11.7. The number of halogens is 2. The number of aromatic amines is 1. The van der Waals surface area contributed by atoms with Gasteiger partial charge in [0.05, 0.1) is 17.4 Å². The predicted octanol–water partition coefficient (Wildman–Crippen LogP) is 5.39. The number of nitrogens with zero attached hydrogens (tertiary/aromatic N) is 1. The first-order chi connectivity index (χ1) is 9.24. The van der Waals surface area contributed by atoms with Crippen molar-refractivity contribution in [3.63, 3.8) is 0 Å². The molecule has 0 saturated heterocycles. The van der Waals surface area contributed by atoms with Crippen LogP contribution in [0.1, 0.15) is 0 Å². The van der Waals surface area contributed by atoms with E-state index >= 15 is 0 Å². The Kier molecular flexibility index (Phi) is 2.44. The first-order valence-corrected chi connectivity index (χ1v) is 7.46. The van der Waals surface area contributed by atoms with Gasteiger partial charge in [-0.25, -0.2) is 4.98 Å². The van der Waals surface area contributed by atoms with Gasteiger partial charge in [0.1, 0.15) is 0 Å². The van der Waals surface area contributed by atoms with Gasteiger partial charge in [-0.15, -0.1) is 0 Å². The van der Waals surface area contributed by atoms with Crippen molar-refractivity contribution < 1.29 is 0 Å². The zero-order valence-electron chi connectivity index (χ0n) is 9.74.